The first-order valence-electron chi connectivity index (χ1n) is 8.12. The third-order valence-electron chi connectivity index (χ3n) is 4.35. The van der Waals surface area contributed by atoms with Crippen LogP contribution in [0.15, 0.2) is 47.7 Å². The van der Waals surface area contributed by atoms with Crippen LogP contribution in [0, 0.1) is 0 Å². The van der Waals surface area contributed by atoms with E-state index >= 15 is 0 Å². The Bertz CT molecular complexity index is 953. The van der Waals surface area contributed by atoms with Gasteiger partial charge >= 0.3 is 0 Å². The lowest BCUT2D eigenvalue weighted by Gasteiger charge is -2.08. The highest BCUT2D eigenvalue weighted by Gasteiger charge is 2.25. The molecule has 0 unspecified atom stereocenters. The molecule has 0 atom stereocenters. The Balaban J connectivity index is 1.38. The third kappa shape index (κ3) is 2.95. The van der Waals surface area contributed by atoms with Gasteiger partial charge in [-0.05, 0) is 36.4 Å². The van der Waals surface area contributed by atoms with Gasteiger partial charge in [0, 0.05) is 42.4 Å². The fraction of sp³-hybridized carbons (Fsp3) is 0.278. The molecule has 24 heavy (non-hydrogen) atoms. The van der Waals surface area contributed by atoms with Gasteiger partial charge in [0.05, 0.1) is 12.0 Å². The van der Waals surface area contributed by atoms with Gasteiger partial charge in [-0.3, -0.25) is 14.2 Å². The molecule has 1 aromatic carbocycles. The van der Waals surface area contributed by atoms with Crippen molar-refractivity contribution < 1.29 is 4.79 Å². The Morgan fingerprint density at radius 2 is 2.17 bits per heavy atom. The van der Waals surface area contributed by atoms with Crippen LogP contribution in [0.4, 0.5) is 0 Å². The first-order chi connectivity index (χ1) is 11.7. The summed E-state index contributed by atoms with van der Waals surface area (Å²) in [6, 6.07) is 9.10. The molecule has 6 nitrogen and oxygen atoms in total. The summed E-state index contributed by atoms with van der Waals surface area (Å²) in [5.74, 6) is 0.317. The number of hydrogen-bond donors (Lipinski definition) is 2. The van der Waals surface area contributed by atoms with Crippen molar-refractivity contribution in [2.75, 3.05) is 6.54 Å². The molecule has 2 N–H and O–H groups in total. The highest BCUT2D eigenvalue weighted by Crippen LogP contribution is 2.38. The predicted octanol–water partition coefficient (Wildman–Crippen LogP) is 2.03. The van der Waals surface area contributed by atoms with E-state index < -0.39 is 0 Å². The van der Waals surface area contributed by atoms with Crippen LogP contribution >= 0.6 is 0 Å². The molecule has 6 heteroatoms. The van der Waals surface area contributed by atoms with E-state index in [4.69, 9.17) is 0 Å². The number of H-pyrrole nitrogens is 1. The topological polar surface area (TPSA) is 79.8 Å². The molecule has 3 aromatic rings. The van der Waals surface area contributed by atoms with Crippen molar-refractivity contribution in [2.45, 2.75) is 25.3 Å². The van der Waals surface area contributed by atoms with Crippen molar-refractivity contribution in [1.29, 1.82) is 0 Å². The molecule has 1 amide bonds. The Morgan fingerprint density at radius 1 is 1.29 bits per heavy atom. The molecule has 1 fully saturated rings. The lowest BCUT2D eigenvalue weighted by Crippen LogP contribution is -2.31. The molecule has 122 valence electrons. The molecule has 0 spiro atoms. The summed E-state index contributed by atoms with van der Waals surface area (Å²) >= 11 is 0. The fourth-order valence-electron chi connectivity index (χ4n) is 2.79. The number of aromatic nitrogens is 3. The van der Waals surface area contributed by atoms with Crippen molar-refractivity contribution >= 4 is 16.8 Å². The van der Waals surface area contributed by atoms with E-state index in [1.165, 1.54) is 4.57 Å². The number of amides is 1. The molecule has 2 heterocycles. The zero-order chi connectivity index (χ0) is 16.5. The number of hydrogen-bond acceptors (Lipinski definition) is 3. The molecule has 2 aromatic heterocycles. The normalized spacial score (nSPS) is 14.0. The zero-order valence-corrected chi connectivity index (χ0v) is 13.2. The van der Waals surface area contributed by atoms with Crippen LogP contribution in [-0.4, -0.2) is 27.0 Å². The van der Waals surface area contributed by atoms with E-state index in [2.05, 4.69) is 15.3 Å². The quantitative estimate of drug-likeness (QED) is 0.754. The molecule has 1 saturated carbocycles. The maximum Gasteiger partial charge on any atom is 0.253 e. The van der Waals surface area contributed by atoms with Gasteiger partial charge in [-0.15, -0.1) is 0 Å². The van der Waals surface area contributed by atoms with Gasteiger partial charge in [0.25, 0.3) is 11.5 Å². The van der Waals surface area contributed by atoms with Gasteiger partial charge in [0.15, 0.2) is 0 Å². The lowest BCUT2D eigenvalue weighted by atomic mass is 10.1. The second-order valence-corrected chi connectivity index (χ2v) is 6.16. The van der Waals surface area contributed by atoms with Crippen LogP contribution in [-0.2, 0) is 6.54 Å². The monoisotopic (exact) mass is 322 g/mol. The maximum absolute atomic E-state index is 12.2. The standard InChI is InChI=1S/C18H18N4O2/c23-17-10-16(12-1-2-12)21-11-22(17)8-7-20-18(24)14-4-3-13-5-6-19-15(13)9-14/h3-6,9-12,19H,1-2,7-8H2,(H,20,24). The number of carbonyl (C=O) groups excluding carboxylic acids is 1. The maximum atomic E-state index is 12.2. The number of nitrogens with one attached hydrogen (secondary N) is 2. The number of carbonyl (C=O) groups is 1. The molecular formula is C18H18N4O2. The number of benzene rings is 1. The summed E-state index contributed by atoms with van der Waals surface area (Å²) in [7, 11) is 0. The number of fused-ring (bicyclic) bond motifs is 1. The smallest absolute Gasteiger partial charge is 0.253 e. The minimum absolute atomic E-state index is 0.0612. The van der Waals surface area contributed by atoms with E-state index in [-0.39, 0.29) is 11.5 Å². The fourth-order valence-corrected chi connectivity index (χ4v) is 2.79. The molecule has 1 aliphatic carbocycles. The summed E-state index contributed by atoms with van der Waals surface area (Å²) in [6.45, 7) is 0.791. The average Bonchev–Trinajstić information content (AvgIpc) is 3.33. The minimum atomic E-state index is -0.151. The van der Waals surface area contributed by atoms with Crippen LogP contribution in [0.25, 0.3) is 10.9 Å². The minimum Gasteiger partial charge on any atom is -0.361 e. The molecular weight excluding hydrogens is 304 g/mol. The third-order valence-corrected chi connectivity index (χ3v) is 4.35. The van der Waals surface area contributed by atoms with Gasteiger partial charge in [0.1, 0.15) is 0 Å². The number of aromatic amines is 1. The Labute approximate surface area is 138 Å². The van der Waals surface area contributed by atoms with Gasteiger partial charge in [-0.2, -0.15) is 0 Å². The van der Waals surface area contributed by atoms with Crippen LogP contribution in [0.1, 0.15) is 34.8 Å². The summed E-state index contributed by atoms with van der Waals surface area (Å²) < 4.78 is 1.53. The molecule has 0 aliphatic heterocycles. The predicted molar refractivity (Wildman–Crippen MR) is 91.1 cm³/mol. The molecule has 0 radical (unpaired) electrons. The zero-order valence-electron chi connectivity index (χ0n) is 13.2. The van der Waals surface area contributed by atoms with E-state index in [0.717, 1.165) is 29.4 Å². The van der Waals surface area contributed by atoms with Crippen LogP contribution in [0.5, 0.6) is 0 Å². The summed E-state index contributed by atoms with van der Waals surface area (Å²) in [5, 5.41) is 3.91. The van der Waals surface area contributed by atoms with Crippen molar-refractivity contribution in [3.8, 4) is 0 Å². The van der Waals surface area contributed by atoms with Gasteiger partial charge in [-0.25, -0.2) is 4.98 Å². The average molecular weight is 322 g/mol. The van der Waals surface area contributed by atoms with E-state index in [9.17, 15) is 9.59 Å². The summed E-state index contributed by atoms with van der Waals surface area (Å²) in [5.41, 5.74) is 2.35. The molecule has 0 saturated heterocycles. The van der Waals surface area contributed by atoms with Crippen molar-refractivity contribution in [3.05, 3.63) is 64.5 Å². The first kappa shape index (κ1) is 14.7. The van der Waals surface area contributed by atoms with Crippen molar-refractivity contribution in [3.63, 3.8) is 0 Å². The van der Waals surface area contributed by atoms with E-state index in [0.29, 0.717) is 24.6 Å². The second kappa shape index (κ2) is 5.96. The second-order valence-electron chi connectivity index (χ2n) is 6.16. The molecule has 4 rings (SSSR count). The Morgan fingerprint density at radius 3 is 2.96 bits per heavy atom. The Kier molecular flexibility index (Phi) is 3.65. The van der Waals surface area contributed by atoms with E-state index in [1.54, 1.807) is 18.5 Å². The van der Waals surface area contributed by atoms with Crippen LogP contribution in [0.2, 0.25) is 0 Å². The van der Waals surface area contributed by atoms with Gasteiger partial charge < -0.3 is 10.3 Å². The number of rotatable bonds is 5. The highest BCUT2D eigenvalue weighted by molar-refractivity contribution is 5.97. The van der Waals surface area contributed by atoms with Crippen molar-refractivity contribution in [2.24, 2.45) is 0 Å². The number of nitrogens with zero attached hydrogens (tertiary/aromatic N) is 2. The Hall–Kier alpha value is -2.89. The largest absolute Gasteiger partial charge is 0.361 e. The van der Waals surface area contributed by atoms with Crippen molar-refractivity contribution in [1.82, 2.24) is 19.9 Å². The summed E-state index contributed by atoms with van der Waals surface area (Å²) in [6.07, 6.45) is 5.67. The van der Waals surface area contributed by atoms with Crippen LogP contribution in [0.3, 0.4) is 0 Å². The highest BCUT2D eigenvalue weighted by atomic mass is 16.1. The van der Waals surface area contributed by atoms with Crippen LogP contribution < -0.4 is 10.9 Å². The summed E-state index contributed by atoms with van der Waals surface area (Å²) in [4.78, 5) is 31.7. The first-order valence-corrected chi connectivity index (χ1v) is 8.12. The molecule has 1 aliphatic rings. The van der Waals surface area contributed by atoms with Gasteiger partial charge in [-0.1, -0.05) is 6.07 Å². The van der Waals surface area contributed by atoms with E-state index in [1.807, 2.05) is 24.4 Å². The molecule has 0 bridgehead atoms. The van der Waals surface area contributed by atoms with Gasteiger partial charge in [0.2, 0.25) is 0 Å². The lowest BCUT2D eigenvalue weighted by molar-refractivity contribution is 0.0952. The SMILES string of the molecule is O=C(NCCn1cnc(C2CC2)cc1=O)c1ccc2cc[nH]c2c1.